The van der Waals surface area contributed by atoms with Crippen LogP contribution in [0.15, 0.2) is 12.1 Å². The quantitative estimate of drug-likeness (QED) is 0.784. The standard InChI is InChI=1S/C16H18F3N3O2/c1-5-24-8-12-11(6-7-13(20-12)16(17,18)19)15(23)14-9(2)21-22(4)10(14)3/h6-7H,5,8H2,1-4H3. The number of nitrogens with zero attached hydrogens (tertiary/aromatic N) is 3. The maximum absolute atomic E-state index is 12.9. The Morgan fingerprint density at radius 1 is 1.29 bits per heavy atom. The van der Waals surface area contributed by atoms with Crippen LogP contribution in [0.2, 0.25) is 0 Å². The first-order chi connectivity index (χ1) is 11.2. The molecule has 0 unspecified atom stereocenters. The summed E-state index contributed by atoms with van der Waals surface area (Å²) in [6.45, 7) is 5.26. The Hall–Kier alpha value is -2.22. The van der Waals surface area contributed by atoms with Gasteiger partial charge in [-0.2, -0.15) is 18.3 Å². The fraction of sp³-hybridized carbons (Fsp3) is 0.438. The first kappa shape index (κ1) is 18.1. The van der Waals surface area contributed by atoms with Crippen molar-refractivity contribution in [3.05, 3.63) is 46.0 Å². The lowest BCUT2D eigenvalue weighted by atomic mass is 10.00. The average molecular weight is 341 g/mol. The predicted octanol–water partition coefficient (Wildman–Crippen LogP) is 3.22. The van der Waals surface area contributed by atoms with Gasteiger partial charge in [-0.1, -0.05) is 0 Å². The van der Waals surface area contributed by atoms with E-state index in [1.165, 1.54) is 0 Å². The van der Waals surface area contributed by atoms with Crippen molar-refractivity contribution in [3.8, 4) is 0 Å². The van der Waals surface area contributed by atoms with Gasteiger partial charge in [-0.3, -0.25) is 9.48 Å². The summed E-state index contributed by atoms with van der Waals surface area (Å²) in [6, 6.07) is 1.96. The van der Waals surface area contributed by atoms with E-state index < -0.39 is 17.7 Å². The van der Waals surface area contributed by atoms with Gasteiger partial charge in [-0.15, -0.1) is 0 Å². The van der Waals surface area contributed by atoms with Crippen molar-refractivity contribution in [2.24, 2.45) is 7.05 Å². The van der Waals surface area contributed by atoms with E-state index >= 15 is 0 Å². The van der Waals surface area contributed by atoms with Crippen LogP contribution in [0.25, 0.3) is 0 Å². The molecule has 0 amide bonds. The number of aromatic nitrogens is 3. The summed E-state index contributed by atoms with van der Waals surface area (Å²) in [5.74, 6) is -0.408. The second-order valence-corrected chi connectivity index (χ2v) is 5.32. The molecule has 0 saturated heterocycles. The van der Waals surface area contributed by atoms with Crippen LogP contribution in [-0.4, -0.2) is 27.2 Å². The third-order valence-corrected chi connectivity index (χ3v) is 3.69. The highest BCUT2D eigenvalue weighted by molar-refractivity contribution is 6.11. The van der Waals surface area contributed by atoms with Gasteiger partial charge >= 0.3 is 6.18 Å². The molecule has 0 aromatic carbocycles. The number of ketones is 1. The fourth-order valence-corrected chi connectivity index (χ4v) is 2.41. The molecule has 0 aliphatic carbocycles. The zero-order valence-corrected chi connectivity index (χ0v) is 13.9. The second kappa shape index (κ2) is 6.72. The van der Waals surface area contributed by atoms with E-state index in [4.69, 9.17) is 4.74 Å². The molecule has 130 valence electrons. The summed E-state index contributed by atoms with van der Waals surface area (Å²) < 4.78 is 45.4. The minimum Gasteiger partial charge on any atom is -0.375 e. The molecular formula is C16H18F3N3O2. The highest BCUT2D eigenvalue weighted by atomic mass is 19.4. The van der Waals surface area contributed by atoms with Crippen molar-refractivity contribution in [1.82, 2.24) is 14.8 Å². The van der Waals surface area contributed by atoms with Gasteiger partial charge in [-0.05, 0) is 32.9 Å². The highest BCUT2D eigenvalue weighted by Gasteiger charge is 2.34. The van der Waals surface area contributed by atoms with Crippen LogP contribution in [0.4, 0.5) is 13.2 Å². The summed E-state index contributed by atoms with van der Waals surface area (Å²) >= 11 is 0. The summed E-state index contributed by atoms with van der Waals surface area (Å²) in [6.07, 6.45) is -4.58. The molecule has 0 spiro atoms. The van der Waals surface area contributed by atoms with Gasteiger partial charge in [0.2, 0.25) is 0 Å². The van der Waals surface area contributed by atoms with Crippen molar-refractivity contribution in [2.45, 2.75) is 33.6 Å². The number of pyridine rings is 1. The number of alkyl halides is 3. The van der Waals surface area contributed by atoms with Crippen molar-refractivity contribution >= 4 is 5.78 Å². The third kappa shape index (κ3) is 3.48. The molecule has 0 aliphatic rings. The van der Waals surface area contributed by atoms with Crippen LogP contribution in [0.3, 0.4) is 0 Å². The Bertz CT molecular complexity index is 767. The largest absolute Gasteiger partial charge is 0.433 e. The van der Waals surface area contributed by atoms with Gasteiger partial charge < -0.3 is 4.74 Å². The normalized spacial score (nSPS) is 11.8. The van der Waals surface area contributed by atoms with Crippen molar-refractivity contribution in [1.29, 1.82) is 0 Å². The number of halogens is 3. The molecule has 2 heterocycles. The number of hydrogen-bond acceptors (Lipinski definition) is 4. The molecule has 0 N–H and O–H groups in total. The number of hydrogen-bond donors (Lipinski definition) is 0. The molecule has 0 radical (unpaired) electrons. The monoisotopic (exact) mass is 341 g/mol. The molecular weight excluding hydrogens is 323 g/mol. The van der Waals surface area contributed by atoms with Crippen molar-refractivity contribution < 1.29 is 22.7 Å². The molecule has 0 bridgehead atoms. The average Bonchev–Trinajstić information content (AvgIpc) is 2.76. The molecule has 8 heteroatoms. The molecule has 2 aromatic rings. The number of aryl methyl sites for hydroxylation is 2. The van der Waals surface area contributed by atoms with E-state index in [1.807, 2.05) is 0 Å². The van der Waals surface area contributed by atoms with Gasteiger partial charge in [0.25, 0.3) is 0 Å². The topological polar surface area (TPSA) is 57.0 Å². The molecule has 0 saturated carbocycles. The Morgan fingerprint density at radius 2 is 1.96 bits per heavy atom. The zero-order valence-electron chi connectivity index (χ0n) is 13.9. The molecule has 0 aliphatic heterocycles. The summed E-state index contributed by atoms with van der Waals surface area (Å²) in [5, 5.41) is 4.17. The first-order valence-electron chi connectivity index (χ1n) is 7.36. The van der Waals surface area contributed by atoms with E-state index in [1.54, 1.807) is 32.5 Å². The molecule has 24 heavy (non-hydrogen) atoms. The maximum Gasteiger partial charge on any atom is 0.433 e. The van der Waals surface area contributed by atoms with Crippen LogP contribution >= 0.6 is 0 Å². The van der Waals surface area contributed by atoms with Crippen LogP contribution < -0.4 is 0 Å². The molecule has 2 rings (SSSR count). The van der Waals surface area contributed by atoms with Gasteiger partial charge in [0.1, 0.15) is 5.69 Å². The van der Waals surface area contributed by atoms with E-state index in [0.29, 0.717) is 23.6 Å². The van der Waals surface area contributed by atoms with Crippen molar-refractivity contribution in [3.63, 3.8) is 0 Å². The molecule has 0 fully saturated rings. The second-order valence-electron chi connectivity index (χ2n) is 5.32. The van der Waals surface area contributed by atoms with Crippen LogP contribution in [0, 0.1) is 13.8 Å². The van der Waals surface area contributed by atoms with Crippen LogP contribution in [0.1, 0.15) is 45.6 Å². The molecule has 0 atom stereocenters. The van der Waals surface area contributed by atoms with E-state index in [-0.39, 0.29) is 17.9 Å². The fourth-order valence-electron chi connectivity index (χ4n) is 2.41. The number of rotatable bonds is 5. The Morgan fingerprint density at radius 3 is 2.46 bits per heavy atom. The Kier molecular flexibility index (Phi) is 5.08. The first-order valence-corrected chi connectivity index (χ1v) is 7.36. The highest BCUT2D eigenvalue weighted by Crippen LogP contribution is 2.29. The minimum absolute atomic E-state index is 0.0284. The van der Waals surface area contributed by atoms with E-state index in [9.17, 15) is 18.0 Å². The van der Waals surface area contributed by atoms with Gasteiger partial charge in [-0.25, -0.2) is 4.98 Å². The van der Waals surface area contributed by atoms with Gasteiger partial charge in [0, 0.05) is 24.9 Å². The zero-order chi connectivity index (χ0) is 18.1. The van der Waals surface area contributed by atoms with Crippen molar-refractivity contribution in [2.75, 3.05) is 6.61 Å². The molecule has 5 nitrogen and oxygen atoms in total. The number of carbonyl (C=O) groups is 1. The van der Waals surface area contributed by atoms with E-state index in [0.717, 1.165) is 12.1 Å². The molecule has 2 aromatic heterocycles. The van der Waals surface area contributed by atoms with Gasteiger partial charge in [0.15, 0.2) is 5.78 Å². The number of carbonyl (C=O) groups excluding carboxylic acids is 1. The third-order valence-electron chi connectivity index (χ3n) is 3.69. The van der Waals surface area contributed by atoms with Crippen LogP contribution in [0.5, 0.6) is 0 Å². The minimum atomic E-state index is -4.58. The SMILES string of the molecule is CCOCc1nc(C(F)(F)F)ccc1C(=O)c1c(C)nn(C)c1C. The lowest BCUT2D eigenvalue weighted by Crippen LogP contribution is -2.15. The van der Waals surface area contributed by atoms with E-state index in [2.05, 4.69) is 10.1 Å². The lowest BCUT2D eigenvalue weighted by Gasteiger charge is -2.12. The smallest absolute Gasteiger partial charge is 0.375 e. The number of ether oxygens (including phenoxy) is 1. The van der Waals surface area contributed by atoms with Gasteiger partial charge in [0.05, 0.1) is 23.6 Å². The summed E-state index contributed by atoms with van der Waals surface area (Å²) in [7, 11) is 1.70. The summed E-state index contributed by atoms with van der Waals surface area (Å²) in [5.41, 5.74) is 0.544. The lowest BCUT2D eigenvalue weighted by molar-refractivity contribution is -0.141. The van der Waals surface area contributed by atoms with Crippen LogP contribution in [-0.2, 0) is 24.6 Å². The Balaban J connectivity index is 2.53. The summed E-state index contributed by atoms with van der Waals surface area (Å²) in [4.78, 5) is 16.4. The predicted molar refractivity (Wildman–Crippen MR) is 80.7 cm³/mol. The maximum atomic E-state index is 12.9. The Labute approximate surface area is 137 Å².